The van der Waals surface area contributed by atoms with Gasteiger partial charge in [0.2, 0.25) is 0 Å². The van der Waals surface area contributed by atoms with E-state index in [0.717, 1.165) is 23.2 Å². The van der Waals surface area contributed by atoms with Crippen LogP contribution in [0.3, 0.4) is 0 Å². The molecular formula is C19H21NO3S. The van der Waals surface area contributed by atoms with Gasteiger partial charge in [0.15, 0.2) is 0 Å². The predicted molar refractivity (Wildman–Crippen MR) is 95.2 cm³/mol. The molecule has 0 saturated carbocycles. The largest absolute Gasteiger partial charge is 0.300 e. The van der Waals surface area contributed by atoms with E-state index in [9.17, 15) is 8.42 Å². The van der Waals surface area contributed by atoms with Crippen LogP contribution in [0, 0.1) is 6.92 Å². The van der Waals surface area contributed by atoms with E-state index in [1.54, 1.807) is 24.3 Å². The molecule has 2 aromatic carbocycles. The van der Waals surface area contributed by atoms with Gasteiger partial charge in [0.1, 0.15) is 6.10 Å². The lowest BCUT2D eigenvalue weighted by atomic mass is 9.97. The smallest absolute Gasteiger partial charge is 0.297 e. The normalized spacial score (nSPS) is 19.1. The molecule has 0 amide bonds. The molecule has 0 aliphatic carbocycles. The van der Waals surface area contributed by atoms with Gasteiger partial charge in [-0.3, -0.25) is 9.08 Å². The fraction of sp³-hybridized carbons (Fsp3) is 0.263. The van der Waals surface area contributed by atoms with E-state index in [2.05, 4.69) is 0 Å². The summed E-state index contributed by atoms with van der Waals surface area (Å²) in [5, 5.41) is 0. The highest BCUT2D eigenvalue weighted by Gasteiger charge is 2.28. The molecule has 0 N–H and O–H groups in total. The van der Waals surface area contributed by atoms with Gasteiger partial charge in [0.05, 0.1) is 4.90 Å². The molecule has 0 saturated heterocycles. The lowest BCUT2D eigenvalue weighted by Crippen LogP contribution is -2.37. The average Bonchev–Trinajstić information content (AvgIpc) is 2.56. The second-order valence-electron chi connectivity index (χ2n) is 6.10. The first-order chi connectivity index (χ1) is 11.5. The van der Waals surface area contributed by atoms with Crippen molar-refractivity contribution in [1.82, 2.24) is 4.90 Å². The molecule has 0 spiro atoms. The molecular weight excluding hydrogens is 322 g/mol. The molecule has 5 heteroatoms. The van der Waals surface area contributed by atoms with Gasteiger partial charge in [-0.1, -0.05) is 54.1 Å². The Bertz CT molecular complexity index is 827. The first-order valence-corrected chi connectivity index (χ1v) is 9.30. The summed E-state index contributed by atoms with van der Waals surface area (Å²) >= 11 is 0. The lowest BCUT2D eigenvalue weighted by Gasteiger charge is -2.30. The average molecular weight is 343 g/mol. The van der Waals surface area contributed by atoms with E-state index in [1.807, 2.05) is 55.3 Å². The fourth-order valence-electron chi connectivity index (χ4n) is 2.77. The zero-order chi connectivity index (χ0) is 17.2. The van der Waals surface area contributed by atoms with Crippen molar-refractivity contribution in [3.63, 3.8) is 0 Å². The van der Waals surface area contributed by atoms with E-state index < -0.39 is 16.2 Å². The van der Waals surface area contributed by atoms with Crippen molar-refractivity contribution < 1.29 is 12.6 Å². The third-order valence-corrected chi connectivity index (χ3v) is 5.44. The lowest BCUT2D eigenvalue weighted by molar-refractivity contribution is 0.195. The Morgan fingerprint density at radius 1 is 1.04 bits per heavy atom. The third-order valence-electron chi connectivity index (χ3n) is 4.11. The zero-order valence-corrected chi connectivity index (χ0v) is 14.7. The molecule has 0 bridgehead atoms. The van der Waals surface area contributed by atoms with E-state index in [0.29, 0.717) is 6.54 Å². The summed E-state index contributed by atoms with van der Waals surface area (Å²) < 4.78 is 30.9. The summed E-state index contributed by atoms with van der Waals surface area (Å²) in [6.07, 6.45) is 1.52. The van der Waals surface area contributed by atoms with Crippen LogP contribution in [0.2, 0.25) is 0 Å². The summed E-state index contributed by atoms with van der Waals surface area (Å²) in [5.74, 6) is 0. The highest BCUT2D eigenvalue weighted by molar-refractivity contribution is 7.86. The standard InChI is InChI=1S/C19H21NO3S/c1-15-8-10-17(11-9-15)24(21,22)23-19-14-20(2)13-12-18(19)16-6-4-3-5-7-16/h3-12,19H,13-14H2,1-2H3/t19-/m0/s1. The van der Waals surface area contributed by atoms with Gasteiger partial charge in [-0.15, -0.1) is 0 Å². The van der Waals surface area contributed by atoms with Crippen LogP contribution in [0.1, 0.15) is 11.1 Å². The van der Waals surface area contributed by atoms with E-state index in [1.165, 1.54) is 0 Å². The van der Waals surface area contributed by atoms with Crippen LogP contribution in [0.25, 0.3) is 5.57 Å². The Morgan fingerprint density at radius 3 is 2.38 bits per heavy atom. The van der Waals surface area contributed by atoms with Gasteiger partial charge in [-0.2, -0.15) is 8.42 Å². The molecule has 0 unspecified atom stereocenters. The van der Waals surface area contributed by atoms with Crippen molar-refractivity contribution in [2.75, 3.05) is 20.1 Å². The van der Waals surface area contributed by atoms with Gasteiger partial charge in [-0.05, 0) is 37.2 Å². The van der Waals surface area contributed by atoms with Crippen LogP contribution >= 0.6 is 0 Å². The number of hydrogen-bond acceptors (Lipinski definition) is 4. The van der Waals surface area contributed by atoms with Crippen LogP contribution in [-0.4, -0.2) is 39.6 Å². The van der Waals surface area contributed by atoms with Crippen molar-refractivity contribution in [3.8, 4) is 0 Å². The molecule has 2 aromatic rings. The number of likely N-dealkylation sites (N-methyl/N-ethyl adjacent to an activating group) is 1. The topological polar surface area (TPSA) is 46.6 Å². The molecule has 1 aliphatic rings. The Kier molecular flexibility index (Phi) is 4.85. The Morgan fingerprint density at radius 2 is 1.71 bits per heavy atom. The third kappa shape index (κ3) is 3.75. The molecule has 1 heterocycles. The van der Waals surface area contributed by atoms with E-state index in [-0.39, 0.29) is 4.90 Å². The summed E-state index contributed by atoms with van der Waals surface area (Å²) in [4.78, 5) is 2.23. The zero-order valence-electron chi connectivity index (χ0n) is 13.8. The number of nitrogens with zero attached hydrogens (tertiary/aromatic N) is 1. The van der Waals surface area contributed by atoms with Crippen LogP contribution in [0.15, 0.2) is 65.6 Å². The Balaban J connectivity index is 1.90. The molecule has 4 nitrogen and oxygen atoms in total. The summed E-state index contributed by atoms with van der Waals surface area (Å²) in [5.41, 5.74) is 2.93. The van der Waals surface area contributed by atoms with E-state index >= 15 is 0 Å². The highest BCUT2D eigenvalue weighted by atomic mass is 32.2. The molecule has 24 heavy (non-hydrogen) atoms. The van der Waals surface area contributed by atoms with Crippen LogP contribution in [0.5, 0.6) is 0 Å². The summed E-state index contributed by atoms with van der Waals surface area (Å²) in [6, 6.07) is 16.5. The van der Waals surface area contributed by atoms with Gasteiger partial charge < -0.3 is 0 Å². The number of hydrogen-bond donors (Lipinski definition) is 0. The molecule has 0 fully saturated rings. The van der Waals surface area contributed by atoms with Crippen molar-refractivity contribution in [1.29, 1.82) is 0 Å². The quantitative estimate of drug-likeness (QED) is 0.801. The first-order valence-electron chi connectivity index (χ1n) is 7.90. The minimum Gasteiger partial charge on any atom is -0.300 e. The van der Waals surface area contributed by atoms with Crippen LogP contribution < -0.4 is 0 Å². The molecule has 0 radical (unpaired) electrons. The summed E-state index contributed by atoms with van der Waals surface area (Å²) in [7, 11) is -1.86. The highest BCUT2D eigenvalue weighted by Crippen LogP contribution is 2.27. The monoisotopic (exact) mass is 343 g/mol. The van der Waals surface area contributed by atoms with Gasteiger partial charge in [0, 0.05) is 13.1 Å². The van der Waals surface area contributed by atoms with Crippen molar-refractivity contribution in [2.45, 2.75) is 17.9 Å². The maximum atomic E-state index is 12.6. The molecule has 1 atom stereocenters. The van der Waals surface area contributed by atoms with Gasteiger partial charge in [0.25, 0.3) is 10.1 Å². The second kappa shape index (κ2) is 6.89. The predicted octanol–water partition coefficient (Wildman–Crippen LogP) is 3.10. The van der Waals surface area contributed by atoms with Crippen molar-refractivity contribution in [2.24, 2.45) is 0 Å². The fourth-order valence-corrected chi connectivity index (χ4v) is 3.82. The SMILES string of the molecule is Cc1ccc(S(=O)(=O)O[C@H]2CN(C)CC=C2c2ccccc2)cc1. The van der Waals surface area contributed by atoms with Gasteiger partial charge >= 0.3 is 0 Å². The number of rotatable bonds is 4. The maximum absolute atomic E-state index is 12.6. The van der Waals surface area contributed by atoms with Gasteiger partial charge in [-0.25, -0.2) is 0 Å². The van der Waals surface area contributed by atoms with Crippen molar-refractivity contribution in [3.05, 3.63) is 71.8 Å². The van der Waals surface area contributed by atoms with Crippen molar-refractivity contribution >= 4 is 15.7 Å². The maximum Gasteiger partial charge on any atom is 0.297 e. The molecule has 1 aliphatic heterocycles. The molecule has 3 rings (SSSR count). The Hall–Kier alpha value is -1.95. The number of benzene rings is 2. The Labute approximate surface area is 143 Å². The van der Waals surface area contributed by atoms with Crippen LogP contribution in [0.4, 0.5) is 0 Å². The molecule has 126 valence electrons. The second-order valence-corrected chi connectivity index (χ2v) is 7.67. The van der Waals surface area contributed by atoms with E-state index in [4.69, 9.17) is 4.18 Å². The molecule has 0 aromatic heterocycles. The summed E-state index contributed by atoms with van der Waals surface area (Å²) in [6.45, 7) is 3.23. The minimum absolute atomic E-state index is 0.189. The van der Waals surface area contributed by atoms with Crippen LogP contribution in [-0.2, 0) is 14.3 Å². The number of aryl methyl sites for hydroxylation is 1. The minimum atomic E-state index is -3.81. The first kappa shape index (κ1) is 16.9.